The first-order valence-corrected chi connectivity index (χ1v) is 8.48. The number of hydrogen-bond acceptors (Lipinski definition) is 3. The van der Waals surface area contributed by atoms with E-state index in [1.807, 2.05) is 0 Å². The van der Waals surface area contributed by atoms with Gasteiger partial charge in [0.15, 0.2) is 11.5 Å². The van der Waals surface area contributed by atoms with Crippen molar-refractivity contribution in [3.8, 4) is 11.5 Å². The molecule has 1 saturated carbocycles. The molecular formula is C18H27NO2. The van der Waals surface area contributed by atoms with Crippen LogP contribution in [0.3, 0.4) is 0 Å². The summed E-state index contributed by atoms with van der Waals surface area (Å²) in [6.45, 7) is 4.76. The van der Waals surface area contributed by atoms with Crippen molar-refractivity contribution in [2.24, 2.45) is 5.92 Å². The van der Waals surface area contributed by atoms with Crippen LogP contribution in [-0.2, 0) is 6.54 Å². The summed E-state index contributed by atoms with van der Waals surface area (Å²) in [5, 5.41) is 3.76. The van der Waals surface area contributed by atoms with E-state index >= 15 is 0 Å². The van der Waals surface area contributed by atoms with Gasteiger partial charge >= 0.3 is 0 Å². The van der Waals surface area contributed by atoms with Crippen molar-refractivity contribution in [3.05, 3.63) is 23.8 Å². The molecule has 0 bridgehead atoms. The van der Waals surface area contributed by atoms with Crippen LogP contribution in [0.15, 0.2) is 18.2 Å². The minimum absolute atomic E-state index is 0.680. The first kappa shape index (κ1) is 14.7. The van der Waals surface area contributed by atoms with Gasteiger partial charge in [0.05, 0.1) is 13.2 Å². The first-order valence-electron chi connectivity index (χ1n) is 8.48. The third kappa shape index (κ3) is 3.70. The zero-order chi connectivity index (χ0) is 14.5. The van der Waals surface area contributed by atoms with Gasteiger partial charge in [-0.25, -0.2) is 0 Å². The normalized spacial score (nSPS) is 25.4. The largest absolute Gasteiger partial charge is 0.490 e. The Balaban J connectivity index is 1.61. The number of benzene rings is 1. The highest BCUT2D eigenvalue weighted by atomic mass is 16.5. The smallest absolute Gasteiger partial charge is 0.161 e. The minimum Gasteiger partial charge on any atom is -0.490 e. The van der Waals surface area contributed by atoms with Crippen LogP contribution in [0.1, 0.15) is 51.0 Å². The van der Waals surface area contributed by atoms with Crippen LogP contribution in [-0.4, -0.2) is 19.3 Å². The number of fused-ring (bicyclic) bond motifs is 1. The fourth-order valence-electron chi connectivity index (χ4n) is 3.53. The van der Waals surface area contributed by atoms with Crippen LogP contribution in [0, 0.1) is 5.92 Å². The molecule has 0 radical (unpaired) electrons. The van der Waals surface area contributed by atoms with Crippen LogP contribution in [0.25, 0.3) is 0 Å². The van der Waals surface area contributed by atoms with E-state index in [1.54, 1.807) is 0 Å². The summed E-state index contributed by atoms with van der Waals surface area (Å²) in [6.07, 6.45) is 7.73. The van der Waals surface area contributed by atoms with Gasteiger partial charge in [0.25, 0.3) is 0 Å². The second kappa shape index (κ2) is 7.17. The Hall–Kier alpha value is -1.22. The quantitative estimate of drug-likeness (QED) is 0.911. The zero-order valence-corrected chi connectivity index (χ0v) is 13.1. The van der Waals surface area contributed by atoms with Crippen molar-refractivity contribution in [3.63, 3.8) is 0 Å². The van der Waals surface area contributed by atoms with Crippen LogP contribution < -0.4 is 14.8 Å². The van der Waals surface area contributed by atoms with Gasteiger partial charge in [0, 0.05) is 19.0 Å². The second-order valence-corrected chi connectivity index (χ2v) is 6.27. The Morgan fingerprint density at radius 2 is 1.86 bits per heavy atom. The summed E-state index contributed by atoms with van der Waals surface area (Å²) in [7, 11) is 0. The first-order chi connectivity index (χ1) is 10.4. The van der Waals surface area contributed by atoms with Crippen LogP contribution in [0.4, 0.5) is 0 Å². The van der Waals surface area contributed by atoms with Gasteiger partial charge in [0.1, 0.15) is 0 Å². The third-order valence-electron chi connectivity index (χ3n) is 4.81. The molecule has 1 aromatic rings. The molecule has 2 unspecified atom stereocenters. The van der Waals surface area contributed by atoms with E-state index in [1.165, 1.54) is 37.7 Å². The number of hydrogen-bond donors (Lipinski definition) is 1. The molecule has 1 aliphatic heterocycles. The molecule has 2 atom stereocenters. The highest BCUT2D eigenvalue weighted by Crippen LogP contribution is 2.31. The van der Waals surface area contributed by atoms with Gasteiger partial charge in [-0.05, 0) is 36.5 Å². The summed E-state index contributed by atoms with van der Waals surface area (Å²) >= 11 is 0. The van der Waals surface area contributed by atoms with E-state index in [-0.39, 0.29) is 0 Å². The molecule has 0 saturated heterocycles. The molecule has 1 heterocycles. The molecule has 1 fully saturated rings. The molecule has 0 aromatic heterocycles. The van der Waals surface area contributed by atoms with Crippen molar-refractivity contribution >= 4 is 0 Å². The van der Waals surface area contributed by atoms with Gasteiger partial charge in [-0.2, -0.15) is 0 Å². The van der Waals surface area contributed by atoms with E-state index in [0.717, 1.165) is 43.6 Å². The van der Waals surface area contributed by atoms with Crippen molar-refractivity contribution in [2.75, 3.05) is 13.2 Å². The molecule has 1 aliphatic carbocycles. The highest BCUT2D eigenvalue weighted by Gasteiger charge is 2.23. The number of ether oxygens (including phenoxy) is 2. The van der Waals surface area contributed by atoms with Crippen LogP contribution >= 0.6 is 0 Å². The van der Waals surface area contributed by atoms with Crippen molar-refractivity contribution in [1.82, 2.24) is 5.32 Å². The van der Waals surface area contributed by atoms with E-state index in [2.05, 4.69) is 30.4 Å². The maximum absolute atomic E-state index is 5.77. The van der Waals surface area contributed by atoms with Gasteiger partial charge in [-0.3, -0.25) is 0 Å². The monoisotopic (exact) mass is 289 g/mol. The highest BCUT2D eigenvalue weighted by molar-refractivity contribution is 5.43. The molecule has 1 N–H and O–H groups in total. The maximum Gasteiger partial charge on any atom is 0.161 e. The lowest BCUT2D eigenvalue weighted by molar-refractivity contribution is 0.254. The van der Waals surface area contributed by atoms with Crippen molar-refractivity contribution in [2.45, 2.75) is 58.0 Å². The van der Waals surface area contributed by atoms with Gasteiger partial charge in [-0.15, -0.1) is 0 Å². The standard InChI is InChI=1S/C18H27NO2/c1-2-15-6-3-4-7-16(15)19-13-14-8-9-17-18(12-14)21-11-5-10-20-17/h8-9,12,15-16,19H,2-7,10-11,13H2,1H3. The Bertz CT molecular complexity index is 461. The Kier molecular flexibility index (Phi) is 5.02. The fraction of sp³-hybridized carbons (Fsp3) is 0.667. The summed E-state index contributed by atoms with van der Waals surface area (Å²) in [5.41, 5.74) is 1.29. The zero-order valence-electron chi connectivity index (χ0n) is 13.1. The molecule has 0 amide bonds. The topological polar surface area (TPSA) is 30.5 Å². The Morgan fingerprint density at radius 3 is 2.71 bits per heavy atom. The SMILES string of the molecule is CCC1CCCCC1NCc1ccc2c(c1)OCCCO2. The van der Waals surface area contributed by atoms with Crippen LogP contribution in [0.5, 0.6) is 11.5 Å². The molecule has 116 valence electrons. The molecule has 3 nitrogen and oxygen atoms in total. The summed E-state index contributed by atoms with van der Waals surface area (Å²) < 4.78 is 11.5. The van der Waals surface area contributed by atoms with E-state index in [4.69, 9.17) is 9.47 Å². The molecule has 3 rings (SSSR count). The molecular weight excluding hydrogens is 262 g/mol. The molecule has 3 heteroatoms. The molecule has 21 heavy (non-hydrogen) atoms. The summed E-state index contributed by atoms with van der Waals surface area (Å²) in [5.74, 6) is 2.64. The minimum atomic E-state index is 0.680. The molecule has 0 spiro atoms. The lowest BCUT2D eigenvalue weighted by Crippen LogP contribution is -2.37. The average molecular weight is 289 g/mol. The lowest BCUT2D eigenvalue weighted by Gasteiger charge is -2.31. The van der Waals surface area contributed by atoms with E-state index < -0.39 is 0 Å². The summed E-state index contributed by atoms with van der Waals surface area (Å²) in [6, 6.07) is 7.03. The maximum atomic E-state index is 5.77. The van der Waals surface area contributed by atoms with E-state index in [0.29, 0.717) is 6.04 Å². The predicted molar refractivity (Wildman–Crippen MR) is 84.9 cm³/mol. The molecule has 1 aromatic carbocycles. The second-order valence-electron chi connectivity index (χ2n) is 6.27. The number of nitrogens with one attached hydrogen (secondary N) is 1. The molecule has 2 aliphatic rings. The number of rotatable bonds is 4. The van der Waals surface area contributed by atoms with Gasteiger partial charge < -0.3 is 14.8 Å². The predicted octanol–water partition coefficient (Wildman–Crippen LogP) is 3.91. The van der Waals surface area contributed by atoms with Gasteiger partial charge in [0.2, 0.25) is 0 Å². The van der Waals surface area contributed by atoms with Crippen molar-refractivity contribution in [1.29, 1.82) is 0 Å². The lowest BCUT2D eigenvalue weighted by atomic mass is 9.83. The van der Waals surface area contributed by atoms with E-state index in [9.17, 15) is 0 Å². The Labute approximate surface area is 128 Å². The van der Waals surface area contributed by atoms with Gasteiger partial charge in [-0.1, -0.05) is 32.3 Å². The third-order valence-corrected chi connectivity index (χ3v) is 4.81. The summed E-state index contributed by atoms with van der Waals surface area (Å²) in [4.78, 5) is 0. The van der Waals surface area contributed by atoms with Crippen LogP contribution in [0.2, 0.25) is 0 Å². The fourth-order valence-corrected chi connectivity index (χ4v) is 3.53. The van der Waals surface area contributed by atoms with Crippen molar-refractivity contribution < 1.29 is 9.47 Å². The average Bonchev–Trinajstić information content (AvgIpc) is 2.78. The Morgan fingerprint density at radius 1 is 1.05 bits per heavy atom.